The third-order valence-corrected chi connectivity index (χ3v) is 2.62. The molecule has 0 saturated heterocycles. The first-order valence-corrected chi connectivity index (χ1v) is 5.53. The van der Waals surface area contributed by atoms with Crippen molar-refractivity contribution in [2.75, 3.05) is 5.32 Å². The fraction of sp³-hybridized carbons (Fsp3) is 0.143. The third-order valence-electron chi connectivity index (χ3n) is 2.62. The average molecular weight is 226 g/mol. The number of hydrogen-bond donors (Lipinski definition) is 1. The zero-order chi connectivity index (χ0) is 12.1. The molecule has 17 heavy (non-hydrogen) atoms. The molecule has 86 valence electrons. The predicted octanol–water partition coefficient (Wildman–Crippen LogP) is 2.82. The van der Waals surface area contributed by atoms with E-state index in [-0.39, 0.29) is 11.8 Å². The molecule has 2 rings (SSSR count). The predicted molar refractivity (Wildman–Crippen MR) is 67.7 cm³/mol. The van der Waals surface area contributed by atoms with Gasteiger partial charge in [0, 0.05) is 6.20 Å². The number of rotatable bonds is 3. The van der Waals surface area contributed by atoms with Crippen LogP contribution >= 0.6 is 0 Å². The van der Waals surface area contributed by atoms with Crippen molar-refractivity contribution in [2.45, 2.75) is 12.8 Å². The van der Waals surface area contributed by atoms with Crippen molar-refractivity contribution in [3.63, 3.8) is 0 Å². The van der Waals surface area contributed by atoms with E-state index >= 15 is 0 Å². The maximum atomic E-state index is 12.0. The molecule has 1 N–H and O–H groups in total. The molecule has 1 aromatic heterocycles. The highest BCUT2D eigenvalue weighted by Gasteiger charge is 2.14. The van der Waals surface area contributed by atoms with Crippen LogP contribution in [0.4, 0.5) is 5.69 Å². The molecule has 0 aliphatic rings. The van der Waals surface area contributed by atoms with Gasteiger partial charge in [0.05, 0.1) is 17.8 Å². The van der Waals surface area contributed by atoms with Gasteiger partial charge in [-0.25, -0.2) is 0 Å². The fourth-order valence-corrected chi connectivity index (χ4v) is 1.58. The maximum absolute atomic E-state index is 12.0. The van der Waals surface area contributed by atoms with E-state index in [0.717, 1.165) is 11.3 Å². The zero-order valence-electron chi connectivity index (χ0n) is 9.63. The Balaban J connectivity index is 2.06. The Kier molecular flexibility index (Phi) is 3.50. The van der Waals surface area contributed by atoms with Crippen LogP contribution in [0.1, 0.15) is 18.4 Å². The lowest BCUT2D eigenvalue weighted by Crippen LogP contribution is -2.18. The van der Waals surface area contributed by atoms with E-state index < -0.39 is 0 Å². The summed E-state index contributed by atoms with van der Waals surface area (Å²) in [6.45, 7) is 1.89. The SMILES string of the molecule is CC(C(=O)Nc1cccnc1)c1ccccc1. The highest BCUT2D eigenvalue weighted by Crippen LogP contribution is 2.16. The molecule has 1 heterocycles. The zero-order valence-corrected chi connectivity index (χ0v) is 9.63. The number of nitrogens with one attached hydrogen (secondary N) is 1. The molecule has 3 nitrogen and oxygen atoms in total. The summed E-state index contributed by atoms with van der Waals surface area (Å²) in [6, 6.07) is 13.3. The molecule has 0 spiro atoms. The van der Waals surface area contributed by atoms with Crippen molar-refractivity contribution < 1.29 is 4.79 Å². The summed E-state index contributed by atoms with van der Waals surface area (Å²) in [7, 11) is 0. The maximum Gasteiger partial charge on any atom is 0.231 e. The second kappa shape index (κ2) is 5.25. The van der Waals surface area contributed by atoms with Crippen LogP contribution in [0.3, 0.4) is 0 Å². The van der Waals surface area contributed by atoms with Gasteiger partial charge in [-0.1, -0.05) is 30.3 Å². The number of carbonyl (C=O) groups excluding carboxylic acids is 1. The summed E-state index contributed by atoms with van der Waals surface area (Å²) in [5.41, 5.74) is 1.73. The Hall–Kier alpha value is -2.16. The molecule has 1 unspecified atom stereocenters. The average Bonchev–Trinajstić information content (AvgIpc) is 2.40. The first-order valence-electron chi connectivity index (χ1n) is 5.53. The second-order valence-electron chi connectivity index (χ2n) is 3.86. The van der Waals surface area contributed by atoms with Gasteiger partial charge < -0.3 is 5.32 Å². The van der Waals surface area contributed by atoms with E-state index in [1.807, 2.05) is 43.3 Å². The number of nitrogens with zero attached hydrogens (tertiary/aromatic N) is 1. The molecule has 1 atom stereocenters. The summed E-state index contributed by atoms with van der Waals surface area (Å²) < 4.78 is 0. The smallest absolute Gasteiger partial charge is 0.231 e. The molecule has 3 heteroatoms. The summed E-state index contributed by atoms with van der Waals surface area (Å²) in [4.78, 5) is 15.9. The van der Waals surface area contributed by atoms with Gasteiger partial charge in [0.1, 0.15) is 0 Å². The lowest BCUT2D eigenvalue weighted by atomic mass is 10.0. The molecule has 2 aromatic rings. The number of anilines is 1. The van der Waals surface area contributed by atoms with Crippen molar-refractivity contribution >= 4 is 11.6 Å². The lowest BCUT2D eigenvalue weighted by molar-refractivity contribution is -0.117. The van der Waals surface area contributed by atoms with Gasteiger partial charge in [0.25, 0.3) is 0 Å². The van der Waals surface area contributed by atoms with Gasteiger partial charge in [-0.3, -0.25) is 9.78 Å². The van der Waals surface area contributed by atoms with Gasteiger partial charge in [-0.15, -0.1) is 0 Å². The quantitative estimate of drug-likeness (QED) is 0.874. The molecule has 0 radical (unpaired) electrons. The number of amides is 1. The molecular formula is C14H14N2O. The molecule has 0 aliphatic heterocycles. The van der Waals surface area contributed by atoms with Crippen LogP contribution in [0.25, 0.3) is 0 Å². The Bertz CT molecular complexity index is 482. The number of aromatic nitrogens is 1. The summed E-state index contributed by atoms with van der Waals surface area (Å²) >= 11 is 0. The van der Waals surface area contributed by atoms with Gasteiger partial charge >= 0.3 is 0 Å². The van der Waals surface area contributed by atoms with E-state index in [1.54, 1.807) is 18.5 Å². The van der Waals surface area contributed by atoms with Gasteiger partial charge in [0.15, 0.2) is 0 Å². The standard InChI is InChI=1S/C14H14N2O/c1-11(12-6-3-2-4-7-12)14(17)16-13-8-5-9-15-10-13/h2-11H,1H3,(H,16,17). The largest absolute Gasteiger partial charge is 0.324 e. The first kappa shape index (κ1) is 11.3. The summed E-state index contributed by atoms with van der Waals surface area (Å²) in [6.07, 6.45) is 3.31. The minimum atomic E-state index is -0.170. The van der Waals surface area contributed by atoms with Crippen LogP contribution in [0.5, 0.6) is 0 Å². The van der Waals surface area contributed by atoms with Gasteiger partial charge in [-0.05, 0) is 24.6 Å². The fourth-order valence-electron chi connectivity index (χ4n) is 1.58. The molecule has 1 amide bonds. The van der Waals surface area contributed by atoms with Crippen LogP contribution in [0, 0.1) is 0 Å². The molecule has 0 fully saturated rings. The van der Waals surface area contributed by atoms with Crippen molar-refractivity contribution in [2.24, 2.45) is 0 Å². The Morgan fingerprint density at radius 2 is 1.94 bits per heavy atom. The Morgan fingerprint density at radius 1 is 1.18 bits per heavy atom. The van der Waals surface area contributed by atoms with E-state index in [4.69, 9.17) is 0 Å². The van der Waals surface area contributed by atoms with Gasteiger partial charge in [0.2, 0.25) is 5.91 Å². The summed E-state index contributed by atoms with van der Waals surface area (Å²) in [5.74, 6) is -0.194. The van der Waals surface area contributed by atoms with Gasteiger partial charge in [-0.2, -0.15) is 0 Å². The number of carbonyl (C=O) groups is 1. The number of pyridine rings is 1. The van der Waals surface area contributed by atoms with Crippen LogP contribution in [0.2, 0.25) is 0 Å². The minimum absolute atomic E-state index is 0.0239. The highest BCUT2D eigenvalue weighted by molar-refractivity contribution is 5.95. The molecular weight excluding hydrogens is 212 g/mol. The van der Waals surface area contributed by atoms with E-state index in [9.17, 15) is 4.79 Å². The molecule has 0 aliphatic carbocycles. The van der Waals surface area contributed by atoms with Crippen molar-refractivity contribution in [3.05, 3.63) is 60.4 Å². The molecule has 0 saturated carbocycles. The summed E-state index contributed by atoms with van der Waals surface area (Å²) in [5, 5.41) is 2.84. The third kappa shape index (κ3) is 2.91. The normalized spacial score (nSPS) is 11.8. The minimum Gasteiger partial charge on any atom is -0.324 e. The van der Waals surface area contributed by atoms with Crippen molar-refractivity contribution in [3.8, 4) is 0 Å². The number of hydrogen-bond acceptors (Lipinski definition) is 2. The van der Waals surface area contributed by atoms with E-state index in [0.29, 0.717) is 0 Å². The van der Waals surface area contributed by atoms with E-state index in [1.165, 1.54) is 0 Å². The van der Waals surface area contributed by atoms with Crippen LogP contribution in [-0.2, 0) is 4.79 Å². The second-order valence-corrected chi connectivity index (χ2v) is 3.86. The Morgan fingerprint density at radius 3 is 2.59 bits per heavy atom. The number of benzene rings is 1. The highest BCUT2D eigenvalue weighted by atomic mass is 16.1. The Labute approximate surface area is 101 Å². The van der Waals surface area contributed by atoms with Crippen molar-refractivity contribution in [1.82, 2.24) is 4.98 Å². The van der Waals surface area contributed by atoms with E-state index in [2.05, 4.69) is 10.3 Å². The lowest BCUT2D eigenvalue weighted by Gasteiger charge is -2.12. The molecule has 1 aromatic carbocycles. The monoisotopic (exact) mass is 226 g/mol. The topological polar surface area (TPSA) is 42.0 Å². The van der Waals surface area contributed by atoms with Crippen LogP contribution in [-0.4, -0.2) is 10.9 Å². The van der Waals surface area contributed by atoms with Crippen molar-refractivity contribution in [1.29, 1.82) is 0 Å². The molecule has 0 bridgehead atoms. The van der Waals surface area contributed by atoms with Crippen LogP contribution < -0.4 is 5.32 Å². The first-order chi connectivity index (χ1) is 8.27. The van der Waals surface area contributed by atoms with Crippen LogP contribution in [0.15, 0.2) is 54.9 Å².